The third-order valence-electron chi connectivity index (χ3n) is 7.79. The molecule has 320 valence electrons. The number of carboxylic acid groups (broad SMARTS) is 1. The van der Waals surface area contributed by atoms with Gasteiger partial charge >= 0.3 is 25.7 Å². The van der Waals surface area contributed by atoms with Crippen LogP contribution in [-0.2, 0) is 42.3 Å². The van der Waals surface area contributed by atoms with E-state index in [0.29, 0.717) is 25.7 Å². The maximum atomic E-state index is 12.6. The van der Waals surface area contributed by atoms with Gasteiger partial charge in [0.05, 0.1) is 13.2 Å². The molecular formula is C44H68NO11P. The van der Waals surface area contributed by atoms with Crippen LogP contribution in [0.2, 0.25) is 0 Å². The van der Waals surface area contributed by atoms with Crippen molar-refractivity contribution < 1.29 is 52.3 Å². The van der Waals surface area contributed by atoms with E-state index in [-0.39, 0.29) is 18.6 Å². The summed E-state index contributed by atoms with van der Waals surface area (Å²) in [5.74, 6) is -2.42. The van der Waals surface area contributed by atoms with Crippen LogP contribution in [0.1, 0.15) is 123 Å². The van der Waals surface area contributed by atoms with Crippen LogP contribution in [0.25, 0.3) is 0 Å². The van der Waals surface area contributed by atoms with Crippen LogP contribution in [-0.4, -0.2) is 65.7 Å². The maximum absolute atomic E-state index is 12.6. The Morgan fingerprint density at radius 2 is 1.14 bits per heavy atom. The van der Waals surface area contributed by atoms with Crippen molar-refractivity contribution in [1.29, 1.82) is 0 Å². The smallest absolute Gasteiger partial charge is 0.472 e. The van der Waals surface area contributed by atoms with E-state index in [0.717, 1.165) is 70.6 Å². The molecule has 0 fully saturated rings. The molecule has 0 saturated carbocycles. The third kappa shape index (κ3) is 37.4. The summed E-state index contributed by atoms with van der Waals surface area (Å²) in [6.07, 6.45) is 43.3. The fourth-order valence-electron chi connectivity index (χ4n) is 4.59. The van der Waals surface area contributed by atoms with Crippen molar-refractivity contribution in [2.24, 2.45) is 5.73 Å². The minimum absolute atomic E-state index is 0.0437. The highest BCUT2D eigenvalue weighted by Gasteiger charge is 2.28. The Morgan fingerprint density at radius 3 is 1.74 bits per heavy atom. The van der Waals surface area contributed by atoms with E-state index in [9.17, 15) is 28.6 Å². The molecule has 0 rings (SSSR count). The van der Waals surface area contributed by atoms with Gasteiger partial charge in [-0.15, -0.1) is 0 Å². The Hall–Kier alpha value is -3.93. The number of unbranched alkanes of at least 4 members (excludes halogenated alkanes) is 5. The number of carbonyl (C=O) groups is 4. The zero-order chi connectivity index (χ0) is 42.2. The van der Waals surface area contributed by atoms with Crippen molar-refractivity contribution in [3.05, 3.63) is 97.2 Å². The molecule has 4 N–H and O–H groups in total. The lowest BCUT2D eigenvalue weighted by molar-refractivity contribution is -0.161. The molecule has 0 heterocycles. The number of ether oxygens (including phenoxy) is 2. The van der Waals surface area contributed by atoms with Crippen LogP contribution in [0.4, 0.5) is 0 Å². The van der Waals surface area contributed by atoms with E-state index in [4.69, 9.17) is 24.8 Å². The summed E-state index contributed by atoms with van der Waals surface area (Å²) in [5, 5.41) is 8.87. The second-order valence-corrected chi connectivity index (χ2v) is 14.5. The van der Waals surface area contributed by atoms with Crippen LogP contribution in [0.3, 0.4) is 0 Å². The first-order valence-electron chi connectivity index (χ1n) is 20.2. The number of hydrogen-bond acceptors (Lipinski definition) is 10. The van der Waals surface area contributed by atoms with Gasteiger partial charge in [0.15, 0.2) is 11.9 Å². The minimum atomic E-state index is -4.76. The van der Waals surface area contributed by atoms with E-state index in [1.165, 1.54) is 0 Å². The van der Waals surface area contributed by atoms with Crippen molar-refractivity contribution in [1.82, 2.24) is 0 Å². The molecule has 0 aliphatic rings. The Bertz CT molecular complexity index is 1390. The second-order valence-electron chi connectivity index (χ2n) is 13.1. The number of phosphoric acid groups is 1. The summed E-state index contributed by atoms with van der Waals surface area (Å²) in [5.41, 5.74) is 5.31. The molecule has 3 atom stereocenters. The number of ketones is 1. The number of carboxylic acids is 1. The summed E-state index contributed by atoms with van der Waals surface area (Å²) in [4.78, 5) is 57.5. The van der Waals surface area contributed by atoms with Gasteiger partial charge < -0.3 is 25.2 Å². The predicted octanol–water partition coefficient (Wildman–Crippen LogP) is 9.68. The first-order chi connectivity index (χ1) is 27.5. The average molecular weight is 818 g/mol. The number of nitrogens with two attached hydrogens (primary N) is 1. The predicted molar refractivity (Wildman–Crippen MR) is 226 cm³/mol. The Balaban J connectivity index is 4.64. The standard InChI is InChI=1S/C44H68NO11P/c1-3-5-7-8-9-10-11-12-13-14-17-20-23-26-30-34-42(47)53-36-40(37-54-57(51,52)55-38-41(45)44(49)50)56-43(48)35-31-27-24-21-18-15-16-19-22-25-29-33-39(46)32-28-6-4-2/h5,7,9-10,12-13,15-17,20-22,24-25,29,33,40-41H,3-4,6,8,11,14,18-19,23,26-28,30-32,34-38,45H2,1-2H3,(H,49,50)(H,51,52)/b7-5-,10-9-,13-12-,16-15-,20-17-,24-21-,25-22-,33-29+/t40-,41+/m1/s1. The first-order valence-corrected chi connectivity index (χ1v) is 21.7. The lowest BCUT2D eigenvalue weighted by atomic mass is 10.1. The van der Waals surface area contributed by atoms with E-state index >= 15 is 0 Å². The molecule has 0 amide bonds. The molecule has 0 aliphatic heterocycles. The molecule has 0 aromatic heterocycles. The molecular weight excluding hydrogens is 749 g/mol. The van der Waals surface area contributed by atoms with Gasteiger partial charge in [0.2, 0.25) is 0 Å². The molecule has 1 unspecified atom stereocenters. The monoisotopic (exact) mass is 817 g/mol. The summed E-state index contributed by atoms with van der Waals surface area (Å²) < 4.78 is 32.5. The second kappa shape index (κ2) is 37.6. The van der Waals surface area contributed by atoms with Crippen LogP contribution in [0, 0.1) is 0 Å². The molecule has 0 aromatic rings. The topological polar surface area (TPSA) is 189 Å². The normalized spacial score (nSPS) is 14.7. The summed E-state index contributed by atoms with van der Waals surface area (Å²) >= 11 is 0. The molecule has 0 aromatic carbocycles. The number of rotatable bonds is 36. The number of phosphoric ester groups is 1. The van der Waals surface area contributed by atoms with Gasteiger partial charge in [-0.25, -0.2) is 4.57 Å². The number of esters is 2. The molecule has 0 bridgehead atoms. The number of allylic oxidation sites excluding steroid dienone is 16. The van der Waals surface area contributed by atoms with Gasteiger partial charge in [0, 0.05) is 19.3 Å². The van der Waals surface area contributed by atoms with Crippen LogP contribution in [0.5, 0.6) is 0 Å². The van der Waals surface area contributed by atoms with E-state index in [1.807, 2.05) is 36.5 Å². The Labute approximate surface area is 340 Å². The Morgan fingerprint density at radius 1 is 0.614 bits per heavy atom. The maximum Gasteiger partial charge on any atom is 0.472 e. The minimum Gasteiger partial charge on any atom is -0.480 e. The third-order valence-corrected chi connectivity index (χ3v) is 8.74. The first kappa shape index (κ1) is 53.1. The largest absolute Gasteiger partial charge is 0.480 e. The summed E-state index contributed by atoms with van der Waals surface area (Å²) in [7, 11) is -4.76. The van der Waals surface area contributed by atoms with E-state index in [2.05, 4.69) is 67.0 Å². The van der Waals surface area contributed by atoms with Gasteiger partial charge in [-0.3, -0.25) is 28.2 Å². The fraction of sp³-hybridized carbons (Fsp3) is 0.545. The molecule has 0 spiro atoms. The van der Waals surface area contributed by atoms with Gasteiger partial charge in [0.1, 0.15) is 12.6 Å². The number of hydrogen-bond donors (Lipinski definition) is 3. The zero-order valence-electron chi connectivity index (χ0n) is 34.1. The van der Waals surface area contributed by atoms with E-state index < -0.39 is 57.7 Å². The molecule has 12 nitrogen and oxygen atoms in total. The molecule has 57 heavy (non-hydrogen) atoms. The number of aliphatic carboxylic acids is 1. The van der Waals surface area contributed by atoms with E-state index in [1.54, 1.807) is 12.2 Å². The summed E-state index contributed by atoms with van der Waals surface area (Å²) in [6.45, 7) is 2.38. The van der Waals surface area contributed by atoms with Gasteiger partial charge in [0.25, 0.3) is 0 Å². The highest BCUT2D eigenvalue weighted by molar-refractivity contribution is 7.47. The molecule has 0 saturated heterocycles. The average Bonchev–Trinajstić information content (AvgIpc) is 3.18. The summed E-state index contributed by atoms with van der Waals surface area (Å²) in [6, 6.07) is -1.55. The lowest BCUT2D eigenvalue weighted by Gasteiger charge is -2.20. The molecule has 0 aliphatic carbocycles. The Kier molecular flexibility index (Phi) is 35.0. The highest BCUT2D eigenvalue weighted by Crippen LogP contribution is 2.43. The molecule has 0 radical (unpaired) electrons. The van der Waals surface area contributed by atoms with Crippen molar-refractivity contribution in [2.45, 2.75) is 135 Å². The molecule has 13 heteroatoms. The van der Waals surface area contributed by atoms with Crippen LogP contribution < -0.4 is 5.73 Å². The van der Waals surface area contributed by atoms with Gasteiger partial charge in [-0.05, 0) is 83.1 Å². The zero-order valence-corrected chi connectivity index (χ0v) is 35.0. The van der Waals surface area contributed by atoms with Crippen molar-refractivity contribution in [3.63, 3.8) is 0 Å². The highest BCUT2D eigenvalue weighted by atomic mass is 31.2. The van der Waals surface area contributed by atoms with Crippen molar-refractivity contribution >= 4 is 31.5 Å². The van der Waals surface area contributed by atoms with Crippen LogP contribution >= 0.6 is 7.82 Å². The van der Waals surface area contributed by atoms with Crippen molar-refractivity contribution in [3.8, 4) is 0 Å². The van der Waals surface area contributed by atoms with Crippen LogP contribution in [0.15, 0.2) is 97.2 Å². The van der Waals surface area contributed by atoms with Gasteiger partial charge in [-0.2, -0.15) is 0 Å². The van der Waals surface area contributed by atoms with Gasteiger partial charge in [-0.1, -0.05) is 118 Å². The SMILES string of the molecule is CC/C=C\C/C=C\C/C=C\C/C=C\CCCCC(=O)OC[C@H](COP(=O)(O)OC[C@H](N)C(=O)O)OC(=O)CCC/C=C\C/C=C\C/C=C\C=C\C(=O)CCCCC. The number of carbonyl (C=O) groups excluding carboxylic acids is 3. The van der Waals surface area contributed by atoms with Crippen molar-refractivity contribution in [2.75, 3.05) is 19.8 Å². The quantitative estimate of drug-likeness (QED) is 0.0136. The lowest BCUT2D eigenvalue weighted by Crippen LogP contribution is -2.34. The fourth-order valence-corrected chi connectivity index (χ4v) is 5.37.